The molecule has 1 saturated heterocycles. The number of piperidine rings is 1. The summed E-state index contributed by atoms with van der Waals surface area (Å²) in [5.74, 6) is 2.24. The van der Waals surface area contributed by atoms with E-state index in [1.807, 2.05) is 23.1 Å². The number of benzene rings is 2. The van der Waals surface area contributed by atoms with Crippen molar-refractivity contribution in [1.29, 1.82) is 0 Å². The van der Waals surface area contributed by atoms with Crippen molar-refractivity contribution < 1.29 is 14.3 Å². The Morgan fingerprint density at radius 1 is 1.00 bits per heavy atom. The molecule has 1 amide bonds. The summed E-state index contributed by atoms with van der Waals surface area (Å²) in [7, 11) is 3.25. The summed E-state index contributed by atoms with van der Waals surface area (Å²) in [5, 5.41) is 0. The number of carbonyl (C=O) groups excluding carboxylic acids is 1. The fourth-order valence-electron chi connectivity index (χ4n) is 3.63. The van der Waals surface area contributed by atoms with E-state index in [1.54, 1.807) is 14.2 Å². The molecule has 0 atom stereocenters. The molecule has 0 unspecified atom stereocenters. The van der Waals surface area contributed by atoms with Crippen LogP contribution in [0.25, 0.3) is 0 Å². The lowest BCUT2D eigenvalue weighted by atomic mass is 9.89. The minimum absolute atomic E-state index is 0.242. The van der Waals surface area contributed by atoms with E-state index in [0.29, 0.717) is 23.8 Å². The van der Waals surface area contributed by atoms with Gasteiger partial charge in [-0.25, -0.2) is 0 Å². The van der Waals surface area contributed by atoms with Crippen molar-refractivity contribution in [3.63, 3.8) is 0 Å². The number of hydrogen-bond donors (Lipinski definition) is 0. The Hall–Kier alpha value is -2.49. The molecule has 1 aliphatic heterocycles. The van der Waals surface area contributed by atoms with E-state index in [9.17, 15) is 4.79 Å². The third kappa shape index (κ3) is 4.37. The molecule has 1 aliphatic rings. The maximum absolute atomic E-state index is 12.6. The predicted molar refractivity (Wildman–Crippen MR) is 103 cm³/mol. The van der Waals surface area contributed by atoms with Gasteiger partial charge in [0, 0.05) is 19.5 Å². The van der Waals surface area contributed by atoms with Crippen LogP contribution < -0.4 is 9.47 Å². The van der Waals surface area contributed by atoms with Crippen LogP contribution in [0.5, 0.6) is 11.5 Å². The molecule has 4 heteroatoms. The molecule has 1 heterocycles. The monoisotopic (exact) mass is 353 g/mol. The highest BCUT2D eigenvalue weighted by molar-refractivity contribution is 5.76. The zero-order chi connectivity index (χ0) is 18.4. The van der Waals surface area contributed by atoms with Crippen LogP contribution in [0, 0.1) is 0 Å². The molecule has 0 spiro atoms. The SMILES string of the molecule is COc1ccc(CCC(=O)N2CCC(c3ccccc3)CC2)cc1OC. The molecule has 3 rings (SSSR count). The molecule has 0 radical (unpaired) electrons. The van der Waals surface area contributed by atoms with Gasteiger partial charge in [0.25, 0.3) is 0 Å². The Labute approximate surface area is 155 Å². The molecule has 0 bridgehead atoms. The fourth-order valence-corrected chi connectivity index (χ4v) is 3.63. The minimum atomic E-state index is 0.242. The molecule has 0 N–H and O–H groups in total. The van der Waals surface area contributed by atoms with E-state index in [4.69, 9.17) is 9.47 Å². The van der Waals surface area contributed by atoms with E-state index in [2.05, 4.69) is 30.3 Å². The van der Waals surface area contributed by atoms with Crippen LogP contribution in [0.4, 0.5) is 0 Å². The zero-order valence-electron chi connectivity index (χ0n) is 15.6. The third-order valence-corrected chi connectivity index (χ3v) is 5.19. The van der Waals surface area contributed by atoms with Crippen LogP contribution in [0.15, 0.2) is 48.5 Å². The highest BCUT2D eigenvalue weighted by Crippen LogP contribution is 2.29. The van der Waals surface area contributed by atoms with Crippen LogP contribution in [-0.2, 0) is 11.2 Å². The van der Waals surface area contributed by atoms with Gasteiger partial charge in [-0.15, -0.1) is 0 Å². The molecule has 2 aromatic carbocycles. The fraction of sp³-hybridized carbons (Fsp3) is 0.409. The summed E-state index contributed by atoms with van der Waals surface area (Å²) in [4.78, 5) is 14.6. The molecule has 1 fully saturated rings. The molecular formula is C22H27NO3. The maximum atomic E-state index is 12.6. The number of ether oxygens (including phenoxy) is 2. The molecule has 2 aromatic rings. The predicted octanol–water partition coefficient (Wildman–Crippen LogP) is 4.04. The largest absolute Gasteiger partial charge is 0.493 e. The second kappa shape index (κ2) is 8.75. The number of nitrogens with zero attached hydrogens (tertiary/aromatic N) is 1. The molecule has 138 valence electrons. The van der Waals surface area contributed by atoms with Gasteiger partial charge in [0.2, 0.25) is 5.91 Å². The summed E-state index contributed by atoms with van der Waals surface area (Å²) >= 11 is 0. The van der Waals surface area contributed by atoms with Gasteiger partial charge in [0.15, 0.2) is 11.5 Å². The highest BCUT2D eigenvalue weighted by Gasteiger charge is 2.23. The zero-order valence-corrected chi connectivity index (χ0v) is 15.6. The molecule has 0 aliphatic carbocycles. The highest BCUT2D eigenvalue weighted by atomic mass is 16.5. The Morgan fingerprint density at radius 2 is 1.69 bits per heavy atom. The minimum Gasteiger partial charge on any atom is -0.493 e. The second-order valence-corrected chi connectivity index (χ2v) is 6.76. The average molecular weight is 353 g/mol. The van der Waals surface area contributed by atoms with Crippen molar-refractivity contribution in [3.8, 4) is 11.5 Å². The number of rotatable bonds is 6. The molecule has 26 heavy (non-hydrogen) atoms. The Bertz CT molecular complexity index is 721. The first-order chi connectivity index (χ1) is 12.7. The average Bonchev–Trinajstić information content (AvgIpc) is 2.72. The summed E-state index contributed by atoms with van der Waals surface area (Å²) < 4.78 is 10.6. The summed E-state index contributed by atoms with van der Waals surface area (Å²) in [6, 6.07) is 16.5. The van der Waals surface area contributed by atoms with Crippen LogP contribution in [0.1, 0.15) is 36.3 Å². The Kier molecular flexibility index (Phi) is 6.16. The lowest BCUT2D eigenvalue weighted by molar-refractivity contribution is -0.132. The van der Waals surface area contributed by atoms with Crippen LogP contribution in [0.3, 0.4) is 0 Å². The summed E-state index contributed by atoms with van der Waals surface area (Å²) in [6.07, 6.45) is 3.35. The Balaban J connectivity index is 1.50. The van der Waals surface area contributed by atoms with E-state index in [1.165, 1.54) is 5.56 Å². The number of methoxy groups -OCH3 is 2. The second-order valence-electron chi connectivity index (χ2n) is 6.76. The van der Waals surface area contributed by atoms with Crippen molar-refractivity contribution >= 4 is 5.91 Å². The smallest absolute Gasteiger partial charge is 0.222 e. The lowest BCUT2D eigenvalue weighted by Crippen LogP contribution is -2.38. The number of likely N-dealkylation sites (tertiary alicyclic amines) is 1. The number of hydrogen-bond acceptors (Lipinski definition) is 3. The van der Waals surface area contributed by atoms with Crippen molar-refractivity contribution in [3.05, 3.63) is 59.7 Å². The molecule has 4 nitrogen and oxygen atoms in total. The Morgan fingerprint density at radius 3 is 2.35 bits per heavy atom. The maximum Gasteiger partial charge on any atom is 0.222 e. The first-order valence-corrected chi connectivity index (χ1v) is 9.25. The van der Waals surface area contributed by atoms with E-state index in [-0.39, 0.29) is 5.91 Å². The normalized spacial score (nSPS) is 14.9. The molecule has 0 aromatic heterocycles. The quantitative estimate of drug-likeness (QED) is 0.787. The van der Waals surface area contributed by atoms with Gasteiger partial charge in [-0.05, 0) is 48.4 Å². The van der Waals surface area contributed by atoms with Crippen molar-refractivity contribution in [2.45, 2.75) is 31.6 Å². The van der Waals surface area contributed by atoms with Gasteiger partial charge in [0.1, 0.15) is 0 Å². The summed E-state index contributed by atoms with van der Waals surface area (Å²) in [5.41, 5.74) is 2.49. The van der Waals surface area contributed by atoms with Crippen molar-refractivity contribution in [2.24, 2.45) is 0 Å². The topological polar surface area (TPSA) is 38.8 Å². The van der Waals surface area contributed by atoms with E-state index < -0.39 is 0 Å². The first kappa shape index (κ1) is 18.3. The van der Waals surface area contributed by atoms with Gasteiger partial charge in [-0.3, -0.25) is 4.79 Å². The van der Waals surface area contributed by atoms with Gasteiger partial charge >= 0.3 is 0 Å². The van der Waals surface area contributed by atoms with E-state index >= 15 is 0 Å². The van der Waals surface area contributed by atoms with Gasteiger partial charge in [-0.1, -0.05) is 36.4 Å². The van der Waals surface area contributed by atoms with Gasteiger partial charge in [0.05, 0.1) is 14.2 Å². The molecular weight excluding hydrogens is 326 g/mol. The van der Waals surface area contributed by atoms with Crippen LogP contribution in [0.2, 0.25) is 0 Å². The van der Waals surface area contributed by atoms with Crippen molar-refractivity contribution in [1.82, 2.24) is 4.90 Å². The number of amides is 1. The lowest BCUT2D eigenvalue weighted by Gasteiger charge is -2.32. The standard InChI is InChI=1S/C22H27NO3/c1-25-20-10-8-17(16-21(20)26-2)9-11-22(24)23-14-12-19(13-15-23)18-6-4-3-5-7-18/h3-8,10,16,19H,9,11-15H2,1-2H3. The number of aryl methyl sites for hydroxylation is 1. The first-order valence-electron chi connectivity index (χ1n) is 9.25. The molecule has 0 saturated carbocycles. The third-order valence-electron chi connectivity index (χ3n) is 5.19. The van der Waals surface area contributed by atoms with Gasteiger partial charge in [-0.2, -0.15) is 0 Å². The summed E-state index contributed by atoms with van der Waals surface area (Å²) in [6.45, 7) is 1.70. The van der Waals surface area contributed by atoms with Crippen molar-refractivity contribution in [2.75, 3.05) is 27.3 Å². The number of carbonyl (C=O) groups is 1. The van der Waals surface area contributed by atoms with Gasteiger partial charge < -0.3 is 14.4 Å². The van der Waals surface area contributed by atoms with E-state index in [0.717, 1.165) is 37.9 Å². The van der Waals surface area contributed by atoms with Crippen LogP contribution >= 0.6 is 0 Å². The van der Waals surface area contributed by atoms with Crippen LogP contribution in [-0.4, -0.2) is 38.1 Å².